The van der Waals surface area contributed by atoms with Crippen molar-refractivity contribution >= 4 is 17.3 Å². The summed E-state index contributed by atoms with van der Waals surface area (Å²) >= 11 is 0. The molecule has 2 aromatic heterocycles. The number of methoxy groups -OCH3 is 1. The van der Waals surface area contributed by atoms with E-state index in [2.05, 4.69) is 10.3 Å². The van der Waals surface area contributed by atoms with E-state index in [0.29, 0.717) is 22.9 Å². The van der Waals surface area contributed by atoms with E-state index in [1.165, 1.54) is 20.0 Å². The molecule has 0 saturated carbocycles. The van der Waals surface area contributed by atoms with E-state index in [-0.39, 0.29) is 0 Å². The molecule has 0 spiro atoms. The number of nitrogens with two attached hydrogens (primary N) is 1. The molecule has 0 radical (unpaired) electrons. The summed E-state index contributed by atoms with van der Waals surface area (Å²) in [6, 6.07) is 5.49. The van der Waals surface area contributed by atoms with Crippen molar-refractivity contribution in [2.45, 2.75) is 19.3 Å². The smallest absolute Gasteiger partial charge is 0.358 e. The number of rotatable bonds is 3. The summed E-state index contributed by atoms with van der Waals surface area (Å²) in [7, 11) is 1.37. The molecule has 1 saturated heterocycles. The van der Waals surface area contributed by atoms with Gasteiger partial charge in [-0.25, -0.2) is 9.78 Å². The first kappa shape index (κ1) is 13.9. The monoisotopic (exact) mass is 288 g/mol. The molecule has 3 rings (SSSR count). The van der Waals surface area contributed by atoms with Crippen LogP contribution in [0, 0.1) is 5.92 Å². The van der Waals surface area contributed by atoms with Crippen molar-refractivity contribution in [3.05, 3.63) is 29.7 Å². The molecule has 21 heavy (non-hydrogen) atoms. The van der Waals surface area contributed by atoms with E-state index in [9.17, 15) is 4.79 Å². The van der Waals surface area contributed by atoms with Crippen LogP contribution in [-0.4, -0.2) is 35.6 Å². The first-order valence-corrected chi connectivity index (χ1v) is 7.25. The highest BCUT2D eigenvalue weighted by molar-refractivity contribution is 5.95. The number of esters is 1. The highest BCUT2D eigenvalue weighted by Crippen LogP contribution is 2.22. The summed E-state index contributed by atoms with van der Waals surface area (Å²) in [5, 5.41) is 3.40. The zero-order chi connectivity index (χ0) is 14.8. The molecule has 0 amide bonds. The lowest BCUT2D eigenvalue weighted by Gasteiger charge is -2.22. The van der Waals surface area contributed by atoms with E-state index in [1.807, 2.05) is 22.6 Å². The number of hydrogen-bond acceptors (Lipinski definition) is 5. The number of piperidine rings is 1. The molecule has 112 valence electrons. The Morgan fingerprint density at radius 3 is 3.14 bits per heavy atom. The molecule has 1 fully saturated rings. The Bertz CT molecular complexity index is 659. The number of carbonyl (C=O) groups excluding carboxylic acids is 1. The fourth-order valence-electron chi connectivity index (χ4n) is 2.98. The van der Waals surface area contributed by atoms with E-state index in [1.54, 1.807) is 0 Å². The van der Waals surface area contributed by atoms with Gasteiger partial charge in [0.25, 0.3) is 0 Å². The molecule has 0 aliphatic carbocycles. The van der Waals surface area contributed by atoms with Crippen LogP contribution in [0.4, 0.5) is 5.82 Å². The summed E-state index contributed by atoms with van der Waals surface area (Å²) in [6.45, 7) is 2.06. The molecule has 3 heterocycles. The van der Waals surface area contributed by atoms with Crippen molar-refractivity contribution in [1.82, 2.24) is 14.7 Å². The van der Waals surface area contributed by atoms with E-state index in [4.69, 9.17) is 10.5 Å². The van der Waals surface area contributed by atoms with Gasteiger partial charge in [-0.3, -0.25) is 4.40 Å². The normalized spacial score (nSPS) is 18.8. The molecule has 6 nitrogen and oxygen atoms in total. The van der Waals surface area contributed by atoms with Crippen LogP contribution in [0.15, 0.2) is 18.2 Å². The maximum atomic E-state index is 11.9. The fraction of sp³-hybridized carbons (Fsp3) is 0.467. The average Bonchev–Trinajstić information content (AvgIpc) is 2.87. The number of nitrogens with zero attached hydrogens (tertiary/aromatic N) is 2. The first-order chi connectivity index (χ1) is 10.2. The molecule has 0 bridgehead atoms. The Kier molecular flexibility index (Phi) is 3.79. The number of fused-ring (bicyclic) bond motifs is 1. The van der Waals surface area contributed by atoms with Crippen molar-refractivity contribution in [3.63, 3.8) is 0 Å². The van der Waals surface area contributed by atoms with Crippen LogP contribution in [-0.2, 0) is 11.2 Å². The summed E-state index contributed by atoms with van der Waals surface area (Å²) in [6.07, 6.45) is 3.15. The van der Waals surface area contributed by atoms with Gasteiger partial charge in [-0.05, 0) is 44.0 Å². The highest BCUT2D eigenvalue weighted by atomic mass is 16.5. The molecule has 1 aliphatic heterocycles. The van der Waals surface area contributed by atoms with Crippen molar-refractivity contribution in [2.75, 3.05) is 25.9 Å². The lowest BCUT2D eigenvalue weighted by atomic mass is 9.96. The number of imidazole rings is 1. The summed E-state index contributed by atoms with van der Waals surface area (Å²) in [4.78, 5) is 16.4. The number of aromatic nitrogens is 2. The number of pyridine rings is 1. The maximum absolute atomic E-state index is 11.9. The van der Waals surface area contributed by atoms with Crippen LogP contribution in [0.1, 0.15) is 29.2 Å². The average molecular weight is 288 g/mol. The summed E-state index contributed by atoms with van der Waals surface area (Å²) in [5.41, 5.74) is 7.12. The van der Waals surface area contributed by atoms with Crippen LogP contribution in [0.2, 0.25) is 0 Å². The zero-order valence-corrected chi connectivity index (χ0v) is 12.1. The summed E-state index contributed by atoms with van der Waals surface area (Å²) < 4.78 is 6.68. The van der Waals surface area contributed by atoms with Crippen molar-refractivity contribution in [2.24, 2.45) is 5.92 Å². The van der Waals surface area contributed by atoms with Gasteiger partial charge in [0.2, 0.25) is 0 Å². The van der Waals surface area contributed by atoms with Crippen LogP contribution >= 0.6 is 0 Å². The highest BCUT2D eigenvalue weighted by Gasteiger charge is 2.22. The third-order valence-corrected chi connectivity index (χ3v) is 4.01. The van der Waals surface area contributed by atoms with Crippen LogP contribution in [0.25, 0.3) is 5.52 Å². The largest absolute Gasteiger partial charge is 0.464 e. The number of carbonyl (C=O) groups is 1. The maximum Gasteiger partial charge on any atom is 0.358 e. The van der Waals surface area contributed by atoms with Gasteiger partial charge in [0.1, 0.15) is 11.6 Å². The number of nitrogens with one attached hydrogen (secondary N) is 1. The molecule has 3 N–H and O–H groups in total. The van der Waals surface area contributed by atoms with Crippen LogP contribution < -0.4 is 11.1 Å². The number of ether oxygens (including phenoxy) is 1. The molecule has 1 unspecified atom stereocenters. The van der Waals surface area contributed by atoms with Gasteiger partial charge in [-0.15, -0.1) is 0 Å². The van der Waals surface area contributed by atoms with Crippen LogP contribution in [0.3, 0.4) is 0 Å². The van der Waals surface area contributed by atoms with Crippen molar-refractivity contribution in [1.29, 1.82) is 0 Å². The fourth-order valence-corrected chi connectivity index (χ4v) is 2.98. The topological polar surface area (TPSA) is 81.6 Å². The third kappa shape index (κ3) is 2.58. The lowest BCUT2D eigenvalue weighted by molar-refractivity contribution is 0.0596. The zero-order valence-electron chi connectivity index (χ0n) is 12.1. The second kappa shape index (κ2) is 5.73. The predicted octanol–water partition coefficient (Wildman–Crippen LogP) is 1.25. The Morgan fingerprint density at radius 1 is 1.57 bits per heavy atom. The van der Waals surface area contributed by atoms with Gasteiger partial charge >= 0.3 is 5.97 Å². The second-order valence-electron chi connectivity index (χ2n) is 5.46. The van der Waals surface area contributed by atoms with Gasteiger partial charge in [0.15, 0.2) is 5.69 Å². The van der Waals surface area contributed by atoms with E-state index >= 15 is 0 Å². The molecular weight excluding hydrogens is 268 g/mol. The molecule has 1 aliphatic rings. The molecule has 1 atom stereocenters. The van der Waals surface area contributed by atoms with Crippen molar-refractivity contribution in [3.8, 4) is 0 Å². The summed E-state index contributed by atoms with van der Waals surface area (Å²) in [5.74, 6) is 1.52. The number of hydrogen-bond donors (Lipinski definition) is 2. The standard InChI is InChI=1S/C15H20N4O2/c1-21-15(20)14-11-5-2-6-12(16)19(11)13(18-14)8-10-4-3-7-17-9-10/h2,5-6,10,17H,3-4,7-9,16H2,1H3. The molecular formula is C15H20N4O2. The minimum Gasteiger partial charge on any atom is -0.464 e. The van der Waals surface area contributed by atoms with Gasteiger partial charge < -0.3 is 15.8 Å². The molecule has 2 aromatic rings. The van der Waals surface area contributed by atoms with E-state index < -0.39 is 5.97 Å². The Hall–Kier alpha value is -2.08. The van der Waals surface area contributed by atoms with Gasteiger partial charge in [0, 0.05) is 6.42 Å². The Labute approximate surface area is 123 Å². The van der Waals surface area contributed by atoms with E-state index in [0.717, 1.165) is 25.3 Å². The third-order valence-electron chi connectivity index (χ3n) is 4.01. The second-order valence-corrected chi connectivity index (χ2v) is 5.46. The molecule has 0 aromatic carbocycles. The van der Waals surface area contributed by atoms with Gasteiger partial charge in [-0.2, -0.15) is 0 Å². The molecule has 6 heteroatoms. The number of nitrogen functional groups attached to an aromatic ring is 1. The van der Waals surface area contributed by atoms with Gasteiger partial charge in [0.05, 0.1) is 12.6 Å². The minimum absolute atomic E-state index is 0.337. The minimum atomic E-state index is -0.425. The quantitative estimate of drug-likeness (QED) is 0.831. The van der Waals surface area contributed by atoms with Crippen molar-refractivity contribution < 1.29 is 9.53 Å². The van der Waals surface area contributed by atoms with Gasteiger partial charge in [-0.1, -0.05) is 6.07 Å². The SMILES string of the molecule is COC(=O)c1nc(CC2CCCNC2)n2c(N)cccc12. The Morgan fingerprint density at radius 2 is 2.43 bits per heavy atom. The Balaban J connectivity index is 2.02. The first-order valence-electron chi connectivity index (χ1n) is 7.25. The number of anilines is 1. The lowest BCUT2D eigenvalue weighted by Crippen LogP contribution is -2.31. The van der Waals surface area contributed by atoms with Crippen LogP contribution in [0.5, 0.6) is 0 Å². The predicted molar refractivity (Wildman–Crippen MR) is 80.2 cm³/mol.